The van der Waals surface area contributed by atoms with Gasteiger partial charge in [-0.1, -0.05) is 42.0 Å². The van der Waals surface area contributed by atoms with Crippen LogP contribution in [0, 0.1) is 20.8 Å². The topological polar surface area (TPSA) is 62.5 Å². The van der Waals surface area contributed by atoms with Crippen LogP contribution in [0.15, 0.2) is 48.5 Å². The van der Waals surface area contributed by atoms with Crippen molar-refractivity contribution in [2.75, 3.05) is 13.1 Å². The van der Waals surface area contributed by atoms with Gasteiger partial charge in [0.1, 0.15) is 0 Å². The summed E-state index contributed by atoms with van der Waals surface area (Å²) < 4.78 is 1.93. The van der Waals surface area contributed by atoms with Gasteiger partial charge in [0.05, 0.1) is 5.52 Å². The van der Waals surface area contributed by atoms with Crippen LogP contribution in [0.2, 0.25) is 0 Å². The molecule has 0 radical (unpaired) electrons. The van der Waals surface area contributed by atoms with E-state index in [1.807, 2.05) is 29.6 Å². The summed E-state index contributed by atoms with van der Waals surface area (Å²) in [5.41, 5.74) is 7.66. The highest BCUT2D eigenvalue weighted by Gasteiger charge is 2.21. The Bertz CT molecular complexity index is 1330. The number of benzene rings is 2. The zero-order valence-corrected chi connectivity index (χ0v) is 20.3. The molecule has 1 saturated heterocycles. The fourth-order valence-electron chi connectivity index (χ4n) is 5.18. The van der Waals surface area contributed by atoms with Gasteiger partial charge in [-0.05, 0) is 63.3 Å². The summed E-state index contributed by atoms with van der Waals surface area (Å²) in [7, 11) is 0. The molecule has 34 heavy (non-hydrogen) atoms. The van der Waals surface area contributed by atoms with Gasteiger partial charge in [-0.15, -0.1) is 0 Å². The van der Waals surface area contributed by atoms with Crippen molar-refractivity contribution in [1.82, 2.24) is 24.8 Å². The Kier molecular flexibility index (Phi) is 6.33. The molecular formula is C28H33N5O. The van der Waals surface area contributed by atoms with Gasteiger partial charge in [-0.25, -0.2) is 9.50 Å². The van der Waals surface area contributed by atoms with E-state index in [9.17, 15) is 4.79 Å². The van der Waals surface area contributed by atoms with Crippen molar-refractivity contribution in [1.29, 1.82) is 0 Å². The SMILES string of the molecule is Cc1cccc(CN2CCC(NC(=O)CCc3c(C)nc4c5ccccc5nn4c3C)CC2)c1. The van der Waals surface area contributed by atoms with Crippen LogP contribution < -0.4 is 5.32 Å². The lowest BCUT2D eigenvalue weighted by Crippen LogP contribution is -2.44. The number of fused-ring (bicyclic) bond motifs is 3. The second kappa shape index (κ2) is 9.55. The predicted molar refractivity (Wildman–Crippen MR) is 136 cm³/mol. The van der Waals surface area contributed by atoms with E-state index in [1.54, 1.807) is 0 Å². The molecule has 5 rings (SSSR count). The molecule has 4 aromatic rings. The number of nitrogens with one attached hydrogen (secondary N) is 1. The molecule has 2 aromatic carbocycles. The van der Waals surface area contributed by atoms with E-state index in [0.29, 0.717) is 12.8 Å². The monoisotopic (exact) mass is 455 g/mol. The first-order valence-electron chi connectivity index (χ1n) is 12.3. The first-order valence-corrected chi connectivity index (χ1v) is 12.3. The fourth-order valence-corrected chi connectivity index (χ4v) is 5.18. The first-order chi connectivity index (χ1) is 16.5. The van der Waals surface area contributed by atoms with E-state index in [0.717, 1.165) is 66.0 Å². The fraction of sp³-hybridized carbons (Fsp3) is 0.393. The van der Waals surface area contributed by atoms with Crippen molar-refractivity contribution in [2.45, 2.75) is 59.0 Å². The Hall–Kier alpha value is -3.25. The normalized spacial score (nSPS) is 15.3. The smallest absolute Gasteiger partial charge is 0.220 e. The number of carbonyl (C=O) groups excluding carboxylic acids is 1. The number of hydrogen-bond acceptors (Lipinski definition) is 4. The average Bonchev–Trinajstić information content (AvgIpc) is 3.19. The van der Waals surface area contributed by atoms with E-state index in [1.165, 1.54) is 11.1 Å². The molecule has 3 heterocycles. The van der Waals surface area contributed by atoms with E-state index < -0.39 is 0 Å². The van der Waals surface area contributed by atoms with Crippen LogP contribution in [0.5, 0.6) is 0 Å². The Labute approximate surface area is 201 Å². The van der Waals surface area contributed by atoms with Gasteiger partial charge < -0.3 is 5.32 Å². The van der Waals surface area contributed by atoms with Gasteiger partial charge in [0.2, 0.25) is 5.91 Å². The minimum Gasteiger partial charge on any atom is -0.353 e. The zero-order valence-electron chi connectivity index (χ0n) is 20.3. The molecule has 2 aromatic heterocycles. The Balaban J connectivity index is 1.16. The number of amides is 1. The number of aryl methyl sites for hydroxylation is 3. The quantitative estimate of drug-likeness (QED) is 0.464. The molecule has 0 spiro atoms. The summed E-state index contributed by atoms with van der Waals surface area (Å²) in [4.78, 5) is 20.1. The van der Waals surface area contributed by atoms with Gasteiger partial charge >= 0.3 is 0 Å². The van der Waals surface area contributed by atoms with Crippen LogP contribution in [0.1, 0.15) is 47.3 Å². The van der Waals surface area contributed by atoms with Crippen molar-refractivity contribution in [3.63, 3.8) is 0 Å². The largest absolute Gasteiger partial charge is 0.353 e. The molecule has 0 bridgehead atoms. The van der Waals surface area contributed by atoms with Crippen molar-refractivity contribution in [3.8, 4) is 0 Å². The van der Waals surface area contributed by atoms with Crippen LogP contribution >= 0.6 is 0 Å². The number of nitrogens with zero attached hydrogens (tertiary/aromatic N) is 4. The second-order valence-electron chi connectivity index (χ2n) is 9.62. The number of aromatic nitrogens is 3. The number of carbonyl (C=O) groups is 1. The summed E-state index contributed by atoms with van der Waals surface area (Å²) in [6.45, 7) is 9.27. The number of piperidine rings is 1. The average molecular weight is 456 g/mol. The summed E-state index contributed by atoms with van der Waals surface area (Å²) in [5, 5.41) is 9.06. The van der Waals surface area contributed by atoms with Gasteiger partial charge in [-0.2, -0.15) is 5.10 Å². The van der Waals surface area contributed by atoms with Crippen LogP contribution in [0.4, 0.5) is 0 Å². The summed E-state index contributed by atoms with van der Waals surface area (Å²) in [5.74, 6) is 0.127. The molecule has 1 aliphatic rings. The zero-order chi connectivity index (χ0) is 23.7. The standard InChI is InChI=1S/C28H33N5O/c1-19-7-6-8-22(17-19)18-32-15-13-23(14-16-32)30-27(34)12-11-24-20(2)29-28-25-9-4-5-10-26(25)31-33(28)21(24)3/h4-10,17,23H,11-16,18H2,1-3H3,(H,30,34). The highest BCUT2D eigenvalue weighted by Crippen LogP contribution is 2.23. The van der Waals surface area contributed by atoms with Gasteiger partial charge in [0, 0.05) is 48.9 Å². The van der Waals surface area contributed by atoms with Gasteiger partial charge in [-0.3, -0.25) is 9.69 Å². The van der Waals surface area contributed by atoms with Crippen molar-refractivity contribution in [3.05, 3.63) is 76.6 Å². The molecular weight excluding hydrogens is 422 g/mol. The molecule has 0 atom stereocenters. The van der Waals surface area contributed by atoms with E-state index >= 15 is 0 Å². The van der Waals surface area contributed by atoms with Crippen LogP contribution in [0.3, 0.4) is 0 Å². The summed E-state index contributed by atoms with van der Waals surface area (Å²) >= 11 is 0. The lowest BCUT2D eigenvalue weighted by Gasteiger charge is -2.32. The maximum Gasteiger partial charge on any atom is 0.220 e. The summed E-state index contributed by atoms with van der Waals surface area (Å²) in [6.07, 6.45) is 3.15. The Morgan fingerprint density at radius 2 is 1.85 bits per heavy atom. The minimum atomic E-state index is 0.127. The molecule has 1 aliphatic heterocycles. The maximum absolute atomic E-state index is 12.8. The molecule has 6 nitrogen and oxygen atoms in total. The van der Waals surface area contributed by atoms with Crippen molar-refractivity contribution >= 4 is 22.5 Å². The van der Waals surface area contributed by atoms with E-state index in [4.69, 9.17) is 10.1 Å². The number of likely N-dealkylation sites (tertiary alicyclic amines) is 1. The molecule has 176 valence electrons. The van der Waals surface area contributed by atoms with Gasteiger partial charge in [0.15, 0.2) is 5.65 Å². The lowest BCUT2D eigenvalue weighted by molar-refractivity contribution is -0.122. The van der Waals surface area contributed by atoms with E-state index in [2.05, 4.69) is 54.4 Å². The number of rotatable bonds is 6. The Morgan fingerprint density at radius 3 is 2.65 bits per heavy atom. The molecule has 0 unspecified atom stereocenters. The highest BCUT2D eigenvalue weighted by molar-refractivity contribution is 5.92. The molecule has 1 amide bonds. The third-order valence-electron chi connectivity index (χ3n) is 7.06. The molecule has 1 fully saturated rings. The van der Waals surface area contributed by atoms with Crippen molar-refractivity contribution < 1.29 is 4.79 Å². The predicted octanol–water partition coefficient (Wildman–Crippen LogP) is 4.52. The molecule has 6 heteroatoms. The van der Waals surface area contributed by atoms with Crippen LogP contribution in [0.25, 0.3) is 16.6 Å². The summed E-state index contributed by atoms with van der Waals surface area (Å²) in [6, 6.07) is 17.1. The van der Waals surface area contributed by atoms with Gasteiger partial charge in [0.25, 0.3) is 0 Å². The maximum atomic E-state index is 12.8. The minimum absolute atomic E-state index is 0.127. The van der Waals surface area contributed by atoms with Crippen LogP contribution in [-0.2, 0) is 17.8 Å². The molecule has 0 saturated carbocycles. The third kappa shape index (κ3) is 4.68. The van der Waals surface area contributed by atoms with Crippen LogP contribution in [-0.4, -0.2) is 44.5 Å². The Morgan fingerprint density at radius 1 is 1.06 bits per heavy atom. The second-order valence-corrected chi connectivity index (χ2v) is 9.62. The molecule has 0 aliphatic carbocycles. The highest BCUT2D eigenvalue weighted by atomic mass is 16.1. The first kappa shape index (κ1) is 22.5. The lowest BCUT2D eigenvalue weighted by atomic mass is 10.0. The molecule has 1 N–H and O–H groups in total. The van der Waals surface area contributed by atoms with E-state index in [-0.39, 0.29) is 11.9 Å². The number of hydrogen-bond donors (Lipinski definition) is 1. The third-order valence-corrected chi connectivity index (χ3v) is 7.06. The van der Waals surface area contributed by atoms with Crippen molar-refractivity contribution in [2.24, 2.45) is 0 Å².